The lowest BCUT2D eigenvalue weighted by atomic mass is 10.1. The van der Waals surface area contributed by atoms with Crippen LogP contribution in [0.5, 0.6) is 0 Å². The van der Waals surface area contributed by atoms with Gasteiger partial charge in [0.1, 0.15) is 0 Å². The van der Waals surface area contributed by atoms with E-state index in [1.165, 1.54) is 81.9 Å². The molecule has 0 heterocycles. The van der Waals surface area contributed by atoms with E-state index in [1.807, 2.05) is 0 Å². The molecule has 0 spiro atoms. The van der Waals surface area contributed by atoms with Gasteiger partial charge in [0.05, 0.1) is 6.61 Å². The van der Waals surface area contributed by atoms with Crippen LogP contribution in [0.25, 0.3) is 0 Å². The number of primary amides is 1. The molecule has 0 radical (unpaired) electrons. The van der Waals surface area contributed by atoms with Crippen molar-refractivity contribution in [2.24, 2.45) is 5.73 Å². The van der Waals surface area contributed by atoms with E-state index in [0.29, 0.717) is 13.1 Å². The third-order valence-electron chi connectivity index (χ3n) is 4.62. The highest BCUT2D eigenvalue weighted by atomic mass is 16.3. The molecule has 0 aromatic carbocycles. The van der Waals surface area contributed by atoms with Gasteiger partial charge in [-0.25, -0.2) is 4.79 Å². The molecule has 4 nitrogen and oxygen atoms in total. The number of aliphatic hydroxyl groups is 1. The molecule has 0 aromatic rings. The van der Waals surface area contributed by atoms with Crippen LogP contribution in [0.3, 0.4) is 0 Å². The molecule has 4 heteroatoms. The first-order valence-electron chi connectivity index (χ1n) is 10.5. The average molecular weight is 355 g/mol. The quantitative estimate of drug-likeness (QED) is 0.256. The fraction of sp³-hybridized carbons (Fsp3) is 0.857. The molecule has 0 saturated carbocycles. The van der Waals surface area contributed by atoms with Gasteiger partial charge in [0, 0.05) is 13.1 Å². The summed E-state index contributed by atoms with van der Waals surface area (Å²) in [5.74, 6) is 0. The minimum Gasteiger partial charge on any atom is -0.395 e. The standard InChI is InChI=1S/C21H42N2O2/c1-2-3-4-5-6-7-8-9-10-11-12-13-14-15-16-17-18-23(19-20-24)21(22)25/h9-10,24H,2-8,11-20H2,1H3,(H2,22,25)/b10-9-. The molecule has 0 aliphatic heterocycles. The van der Waals surface area contributed by atoms with Crippen LogP contribution >= 0.6 is 0 Å². The molecule has 0 fully saturated rings. The first-order chi connectivity index (χ1) is 12.2. The lowest BCUT2D eigenvalue weighted by Crippen LogP contribution is -2.38. The van der Waals surface area contributed by atoms with Crippen LogP contribution in [0.15, 0.2) is 12.2 Å². The molecule has 0 bridgehead atoms. The molecule has 148 valence electrons. The highest BCUT2D eigenvalue weighted by Crippen LogP contribution is 2.10. The van der Waals surface area contributed by atoms with Crippen LogP contribution in [0.4, 0.5) is 4.79 Å². The molecule has 25 heavy (non-hydrogen) atoms. The Kier molecular flexibility index (Phi) is 18.5. The Morgan fingerprint density at radius 2 is 1.28 bits per heavy atom. The Morgan fingerprint density at radius 3 is 1.76 bits per heavy atom. The number of aliphatic hydroxyl groups excluding tert-OH is 1. The number of nitrogens with two attached hydrogens (primary N) is 1. The predicted molar refractivity (Wildman–Crippen MR) is 108 cm³/mol. The third-order valence-corrected chi connectivity index (χ3v) is 4.62. The monoisotopic (exact) mass is 354 g/mol. The van der Waals surface area contributed by atoms with Crippen molar-refractivity contribution in [3.8, 4) is 0 Å². The van der Waals surface area contributed by atoms with Crippen molar-refractivity contribution in [1.82, 2.24) is 4.90 Å². The highest BCUT2D eigenvalue weighted by Gasteiger charge is 2.07. The number of carbonyl (C=O) groups is 1. The van der Waals surface area contributed by atoms with Gasteiger partial charge in [-0.05, 0) is 32.1 Å². The van der Waals surface area contributed by atoms with E-state index in [-0.39, 0.29) is 6.61 Å². The topological polar surface area (TPSA) is 66.6 Å². The molecule has 2 amide bonds. The van der Waals surface area contributed by atoms with Crippen molar-refractivity contribution in [3.05, 3.63) is 12.2 Å². The first-order valence-corrected chi connectivity index (χ1v) is 10.5. The molecular weight excluding hydrogens is 312 g/mol. The van der Waals surface area contributed by atoms with E-state index in [1.54, 1.807) is 0 Å². The van der Waals surface area contributed by atoms with Gasteiger partial charge in [0.15, 0.2) is 0 Å². The second kappa shape index (κ2) is 19.3. The summed E-state index contributed by atoms with van der Waals surface area (Å²) in [7, 11) is 0. The van der Waals surface area contributed by atoms with Gasteiger partial charge in [-0.15, -0.1) is 0 Å². The first kappa shape index (κ1) is 24.0. The summed E-state index contributed by atoms with van der Waals surface area (Å²) >= 11 is 0. The molecular formula is C21H42N2O2. The molecule has 0 rings (SSSR count). The molecule has 3 N–H and O–H groups in total. The number of allylic oxidation sites excluding steroid dienone is 2. The summed E-state index contributed by atoms with van der Waals surface area (Å²) in [4.78, 5) is 12.6. The van der Waals surface area contributed by atoms with Crippen LogP contribution < -0.4 is 5.73 Å². The van der Waals surface area contributed by atoms with Gasteiger partial charge in [-0.2, -0.15) is 0 Å². The number of urea groups is 1. The van der Waals surface area contributed by atoms with Crippen LogP contribution in [0, 0.1) is 0 Å². The van der Waals surface area contributed by atoms with E-state index in [2.05, 4.69) is 19.1 Å². The Balaban J connectivity index is 3.27. The second-order valence-electron chi connectivity index (χ2n) is 6.99. The Labute approximate surface area is 155 Å². The largest absolute Gasteiger partial charge is 0.395 e. The van der Waals surface area contributed by atoms with Crippen molar-refractivity contribution in [1.29, 1.82) is 0 Å². The van der Waals surface area contributed by atoms with Crippen LogP contribution in [0.2, 0.25) is 0 Å². The molecule has 0 aromatic heterocycles. The van der Waals surface area contributed by atoms with E-state index in [4.69, 9.17) is 10.8 Å². The van der Waals surface area contributed by atoms with Crippen molar-refractivity contribution in [3.63, 3.8) is 0 Å². The van der Waals surface area contributed by atoms with Gasteiger partial charge < -0.3 is 15.7 Å². The number of unbranched alkanes of at least 4 members (excludes halogenated alkanes) is 12. The second-order valence-corrected chi connectivity index (χ2v) is 6.99. The van der Waals surface area contributed by atoms with E-state index < -0.39 is 6.03 Å². The Hall–Kier alpha value is -1.03. The maximum Gasteiger partial charge on any atom is 0.314 e. The fourth-order valence-corrected chi connectivity index (χ4v) is 3.00. The Bertz CT molecular complexity index is 319. The summed E-state index contributed by atoms with van der Waals surface area (Å²) in [6.07, 6.45) is 22.6. The normalized spacial score (nSPS) is 11.3. The number of nitrogens with zero attached hydrogens (tertiary/aromatic N) is 1. The van der Waals surface area contributed by atoms with E-state index >= 15 is 0 Å². The average Bonchev–Trinajstić information content (AvgIpc) is 2.60. The summed E-state index contributed by atoms with van der Waals surface area (Å²) in [5, 5.41) is 8.87. The molecule has 0 atom stereocenters. The zero-order chi connectivity index (χ0) is 18.6. The molecule has 0 unspecified atom stereocenters. The smallest absolute Gasteiger partial charge is 0.314 e. The lowest BCUT2D eigenvalue weighted by Gasteiger charge is -2.18. The maximum absolute atomic E-state index is 11.1. The molecule has 0 saturated heterocycles. The molecule has 0 aliphatic rings. The predicted octanol–water partition coefficient (Wildman–Crippen LogP) is 5.40. The third kappa shape index (κ3) is 17.6. The number of hydrogen-bond acceptors (Lipinski definition) is 2. The van der Waals surface area contributed by atoms with Gasteiger partial charge in [-0.1, -0.05) is 76.9 Å². The zero-order valence-electron chi connectivity index (χ0n) is 16.6. The fourth-order valence-electron chi connectivity index (χ4n) is 3.00. The number of hydrogen-bond donors (Lipinski definition) is 2. The maximum atomic E-state index is 11.1. The van der Waals surface area contributed by atoms with Crippen molar-refractivity contribution in [2.75, 3.05) is 19.7 Å². The van der Waals surface area contributed by atoms with E-state index in [9.17, 15) is 4.79 Å². The summed E-state index contributed by atoms with van der Waals surface area (Å²) in [6.45, 7) is 3.26. The zero-order valence-corrected chi connectivity index (χ0v) is 16.6. The van der Waals surface area contributed by atoms with Crippen LogP contribution in [-0.4, -0.2) is 35.7 Å². The van der Waals surface area contributed by atoms with Gasteiger partial charge in [-0.3, -0.25) is 0 Å². The lowest BCUT2D eigenvalue weighted by molar-refractivity contribution is 0.183. The highest BCUT2D eigenvalue weighted by molar-refractivity contribution is 5.71. The minimum absolute atomic E-state index is 0.0185. The van der Waals surface area contributed by atoms with Crippen molar-refractivity contribution in [2.45, 2.75) is 96.8 Å². The Morgan fingerprint density at radius 1 is 0.800 bits per heavy atom. The van der Waals surface area contributed by atoms with Crippen LogP contribution in [-0.2, 0) is 0 Å². The SMILES string of the molecule is CCCCCCCC/C=C\CCCCCCCCN(CCO)C(N)=O. The van der Waals surface area contributed by atoms with Crippen molar-refractivity contribution >= 4 is 6.03 Å². The summed E-state index contributed by atoms with van der Waals surface area (Å²) in [5.41, 5.74) is 5.26. The number of carbonyl (C=O) groups excluding carboxylic acids is 1. The van der Waals surface area contributed by atoms with Gasteiger partial charge in [0.2, 0.25) is 0 Å². The van der Waals surface area contributed by atoms with E-state index in [0.717, 1.165) is 12.8 Å². The van der Waals surface area contributed by atoms with Gasteiger partial charge >= 0.3 is 6.03 Å². The van der Waals surface area contributed by atoms with Crippen LogP contribution in [0.1, 0.15) is 96.8 Å². The van der Waals surface area contributed by atoms with Crippen molar-refractivity contribution < 1.29 is 9.90 Å². The minimum atomic E-state index is -0.429. The number of amides is 2. The van der Waals surface area contributed by atoms with Gasteiger partial charge in [0.25, 0.3) is 0 Å². The summed E-state index contributed by atoms with van der Waals surface area (Å²) < 4.78 is 0. The summed E-state index contributed by atoms with van der Waals surface area (Å²) in [6, 6.07) is -0.429. The number of rotatable bonds is 18. The molecule has 0 aliphatic carbocycles.